The molecule has 0 aliphatic carbocycles. The Morgan fingerprint density at radius 2 is 2.00 bits per heavy atom. The van der Waals surface area contributed by atoms with E-state index in [1.165, 1.54) is 12.3 Å². The molecule has 0 bridgehead atoms. The van der Waals surface area contributed by atoms with Crippen molar-refractivity contribution in [1.29, 1.82) is 0 Å². The lowest BCUT2D eigenvalue weighted by Crippen LogP contribution is -2.39. The number of hydrogen-bond donors (Lipinski definition) is 3. The zero-order valence-corrected chi connectivity index (χ0v) is 16.3. The molecule has 1 aliphatic rings. The molecule has 1 atom stereocenters. The van der Waals surface area contributed by atoms with E-state index in [0.29, 0.717) is 23.7 Å². The molecule has 8 heteroatoms. The highest BCUT2D eigenvalue weighted by Gasteiger charge is 2.29. The minimum absolute atomic E-state index is 0.00343. The predicted octanol–water partition coefficient (Wildman–Crippen LogP) is 2.34. The zero-order valence-electron chi connectivity index (χ0n) is 16.3. The van der Waals surface area contributed by atoms with Gasteiger partial charge in [0.15, 0.2) is 0 Å². The Balaban J connectivity index is 1.53. The van der Waals surface area contributed by atoms with E-state index in [2.05, 4.69) is 10.3 Å². The summed E-state index contributed by atoms with van der Waals surface area (Å²) in [5.41, 5.74) is 6.93. The van der Waals surface area contributed by atoms with Gasteiger partial charge >= 0.3 is 0 Å². The Morgan fingerprint density at radius 1 is 1.17 bits per heavy atom. The van der Waals surface area contributed by atoms with Gasteiger partial charge in [-0.3, -0.25) is 19.3 Å². The summed E-state index contributed by atoms with van der Waals surface area (Å²) in [5.74, 6) is -0.334. The normalized spacial score (nSPS) is 16.5. The van der Waals surface area contributed by atoms with Crippen LogP contribution in [0.15, 0.2) is 64.0 Å². The van der Waals surface area contributed by atoms with Crippen LogP contribution in [-0.4, -0.2) is 34.3 Å². The molecule has 2 aromatic heterocycles. The summed E-state index contributed by atoms with van der Waals surface area (Å²) < 4.78 is 5.27. The average molecular weight is 406 g/mol. The number of furan rings is 1. The van der Waals surface area contributed by atoms with Gasteiger partial charge in [-0.2, -0.15) is 0 Å². The van der Waals surface area contributed by atoms with E-state index in [0.717, 1.165) is 24.9 Å². The van der Waals surface area contributed by atoms with E-state index in [9.17, 15) is 14.4 Å². The van der Waals surface area contributed by atoms with Gasteiger partial charge in [0.25, 0.3) is 11.5 Å². The Bertz CT molecular complexity index is 1120. The van der Waals surface area contributed by atoms with E-state index in [-0.39, 0.29) is 17.5 Å². The number of amides is 2. The van der Waals surface area contributed by atoms with Crippen LogP contribution in [0.1, 0.15) is 28.8 Å². The van der Waals surface area contributed by atoms with Gasteiger partial charge < -0.3 is 20.5 Å². The number of primary amides is 1. The van der Waals surface area contributed by atoms with Gasteiger partial charge in [0, 0.05) is 12.2 Å². The molecular formula is C22H22N4O4. The maximum atomic E-state index is 12.8. The molecule has 4 N–H and O–H groups in total. The molecule has 30 heavy (non-hydrogen) atoms. The molecule has 0 radical (unpaired) electrons. The summed E-state index contributed by atoms with van der Waals surface area (Å²) >= 11 is 0. The van der Waals surface area contributed by atoms with Gasteiger partial charge in [-0.05, 0) is 55.3 Å². The first-order chi connectivity index (χ1) is 14.5. The van der Waals surface area contributed by atoms with E-state index in [1.807, 2.05) is 17.0 Å². The van der Waals surface area contributed by atoms with Crippen molar-refractivity contribution in [2.45, 2.75) is 25.4 Å². The summed E-state index contributed by atoms with van der Waals surface area (Å²) in [7, 11) is 0. The van der Waals surface area contributed by atoms with Gasteiger partial charge in [0.1, 0.15) is 11.3 Å². The number of anilines is 1. The Labute approximate surface area is 172 Å². The summed E-state index contributed by atoms with van der Waals surface area (Å²) in [6.45, 7) is 1.25. The van der Waals surface area contributed by atoms with E-state index >= 15 is 0 Å². The molecule has 1 unspecified atom stereocenters. The topological polar surface area (TPSA) is 121 Å². The number of carbonyl (C=O) groups is 2. The number of benzene rings is 1. The molecule has 1 aromatic carbocycles. The maximum Gasteiger partial charge on any atom is 0.261 e. The van der Waals surface area contributed by atoms with Crippen molar-refractivity contribution >= 4 is 17.5 Å². The molecule has 1 fully saturated rings. The second-order valence-corrected chi connectivity index (χ2v) is 7.23. The van der Waals surface area contributed by atoms with Crippen molar-refractivity contribution in [2.75, 3.05) is 11.9 Å². The van der Waals surface area contributed by atoms with Crippen molar-refractivity contribution in [3.63, 3.8) is 0 Å². The Morgan fingerprint density at radius 3 is 2.73 bits per heavy atom. The van der Waals surface area contributed by atoms with E-state index in [1.54, 1.807) is 30.3 Å². The quantitative estimate of drug-likeness (QED) is 0.580. The van der Waals surface area contributed by atoms with Crippen LogP contribution < -0.4 is 16.6 Å². The highest BCUT2D eigenvalue weighted by molar-refractivity contribution is 6.04. The summed E-state index contributed by atoms with van der Waals surface area (Å²) in [6.07, 6.45) is 3.15. The Kier molecular flexibility index (Phi) is 5.49. The zero-order chi connectivity index (χ0) is 21.1. The fraction of sp³-hybridized carbons (Fsp3) is 0.227. The minimum Gasteiger partial charge on any atom is -0.463 e. The van der Waals surface area contributed by atoms with Crippen LogP contribution in [-0.2, 0) is 11.3 Å². The summed E-state index contributed by atoms with van der Waals surface area (Å²) in [5, 5.41) is 2.81. The lowest BCUT2D eigenvalue weighted by atomic mass is 10.1. The molecule has 2 amide bonds. The van der Waals surface area contributed by atoms with Crippen LogP contribution in [0.5, 0.6) is 0 Å². The number of nitrogens with two attached hydrogens (primary N) is 1. The first-order valence-electron chi connectivity index (χ1n) is 9.73. The van der Waals surface area contributed by atoms with Gasteiger partial charge in [0.05, 0.1) is 18.0 Å². The van der Waals surface area contributed by atoms with Crippen LogP contribution in [0, 0.1) is 0 Å². The number of nitrogens with one attached hydrogen (secondary N) is 2. The molecule has 154 valence electrons. The third kappa shape index (κ3) is 4.04. The number of likely N-dealkylation sites (tertiary alicyclic amines) is 1. The van der Waals surface area contributed by atoms with Gasteiger partial charge in [-0.15, -0.1) is 0 Å². The van der Waals surface area contributed by atoms with Gasteiger partial charge in [0.2, 0.25) is 5.91 Å². The molecular weight excluding hydrogens is 384 g/mol. The molecule has 0 saturated carbocycles. The number of rotatable bonds is 6. The number of carbonyl (C=O) groups excluding carboxylic acids is 2. The van der Waals surface area contributed by atoms with Crippen LogP contribution in [0.3, 0.4) is 0 Å². The van der Waals surface area contributed by atoms with Crippen molar-refractivity contribution in [2.24, 2.45) is 5.73 Å². The monoisotopic (exact) mass is 406 g/mol. The van der Waals surface area contributed by atoms with Gasteiger partial charge in [-0.1, -0.05) is 18.2 Å². The Hall–Kier alpha value is -3.65. The highest BCUT2D eigenvalue weighted by atomic mass is 16.3. The third-order valence-corrected chi connectivity index (χ3v) is 5.27. The lowest BCUT2D eigenvalue weighted by Gasteiger charge is -2.23. The second-order valence-electron chi connectivity index (χ2n) is 7.23. The number of nitrogens with zero attached hydrogens (tertiary/aromatic N) is 1. The van der Waals surface area contributed by atoms with E-state index in [4.69, 9.17) is 10.2 Å². The van der Waals surface area contributed by atoms with Crippen LogP contribution in [0.25, 0.3) is 11.5 Å². The van der Waals surface area contributed by atoms with Gasteiger partial charge in [-0.25, -0.2) is 0 Å². The number of para-hydroxylation sites is 1. The maximum absolute atomic E-state index is 12.8. The molecule has 4 rings (SSSR count). The van der Waals surface area contributed by atoms with Crippen LogP contribution in [0.2, 0.25) is 0 Å². The number of aromatic amines is 1. The van der Waals surface area contributed by atoms with Crippen molar-refractivity contribution in [1.82, 2.24) is 9.88 Å². The number of hydrogen-bond acceptors (Lipinski definition) is 5. The molecule has 1 aliphatic heterocycles. The molecule has 8 nitrogen and oxygen atoms in total. The minimum atomic E-state index is -0.512. The van der Waals surface area contributed by atoms with Crippen LogP contribution >= 0.6 is 0 Å². The number of pyridine rings is 1. The fourth-order valence-corrected chi connectivity index (χ4v) is 3.75. The fourth-order valence-electron chi connectivity index (χ4n) is 3.75. The predicted molar refractivity (Wildman–Crippen MR) is 112 cm³/mol. The smallest absolute Gasteiger partial charge is 0.261 e. The average Bonchev–Trinajstić information content (AvgIpc) is 3.41. The summed E-state index contributed by atoms with van der Waals surface area (Å²) in [6, 6.07) is 13.6. The summed E-state index contributed by atoms with van der Waals surface area (Å²) in [4.78, 5) is 41.5. The third-order valence-electron chi connectivity index (χ3n) is 5.27. The van der Waals surface area contributed by atoms with Crippen molar-refractivity contribution < 1.29 is 14.0 Å². The SMILES string of the molecule is NC(=O)C1CCCN1Cc1ccccc1NC(=O)c1ccc(-c2ccco2)[nH]c1=O. The van der Waals surface area contributed by atoms with Crippen molar-refractivity contribution in [3.8, 4) is 11.5 Å². The molecule has 3 heterocycles. The van der Waals surface area contributed by atoms with Crippen LogP contribution in [0.4, 0.5) is 5.69 Å². The first-order valence-corrected chi connectivity index (χ1v) is 9.73. The second kappa shape index (κ2) is 8.38. The highest BCUT2D eigenvalue weighted by Crippen LogP contribution is 2.24. The largest absolute Gasteiger partial charge is 0.463 e. The first kappa shape index (κ1) is 19.7. The van der Waals surface area contributed by atoms with E-state index < -0.39 is 11.5 Å². The van der Waals surface area contributed by atoms with Crippen molar-refractivity contribution in [3.05, 3.63) is 76.3 Å². The molecule has 0 spiro atoms. The molecule has 1 saturated heterocycles. The molecule has 3 aromatic rings. The number of H-pyrrole nitrogens is 1. The standard InChI is InChI=1S/C22H22N4O4/c23-20(27)18-7-3-11-26(18)13-14-5-1-2-6-16(14)24-21(28)15-9-10-17(25-22(15)29)19-8-4-12-30-19/h1-2,4-6,8-10,12,18H,3,7,11,13H2,(H2,23,27)(H,24,28)(H,25,29). The number of aromatic nitrogens is 1. The lowest BCUT2D eigenvalue weighted by molar-refractivity contribution is -0.122.